The Morgan fingerprint density at radius 2 is 2.29 bits per heavy atom. The molecule has 7 nitrogen and oxygen atoms in total. The first kappa shape index (κ1) is 10.8. The number of methoxy groups -OCH3 is 1. The fourth-order valence-electron chi connectivity index (χ4n) is 3.19. The highest BCUT2D eigenvalue weighted by Crippen LogP contribution is 2.37. The summed E-state index contributed by atoms with van der Waals surface area (Å²) in [5.41, 5.74) is 0. The van der Waals surface area contributed by atoms with E-state index in [-0.39, 0.29) is 23.9 Å². The van der Waals surface area contributed by atoms with Gasteiger partial charge in [-0.1, -0.05) is 0 Å². The van der Waals surface area contributed by atoms with Gasteiger partial charge in [-0.15, -0.1) is 0 Å². The summed E-state index contributed by atoms with van der Waals surface area (Å²) in [6.45, 7) is 0.872. The first-order valence-corrected chi connectivity index (χ1v) is 5.71. The number of piperidine rings is 1. The predicted octanol–water partition coefficient (Wildman–Crippen LogP) is -0.985. The summed E-state index contributed by atoms with van der Waals surface area (Å²) in [4.78, 5) is 25.1. The van der Waals surface area contributed by atoms with Crippen LogP contribution in [0.15, 0.2) is 0 Å². The Bertz CT molecular complexity index is 375. The molecule has 0 aromatic rings. The zero-order valence-electron chi connectivity index (χ0n) is 9.50. The van der Waals surface area contributed by atoms with Crippen LogP contribution in [0.25, 0.3) is 0 Å². The molecule has 3 amide bonds. The average molecular weight is 241 g/mol. The van der Waals surface area contributed by atoms with E-state index in [0.29, 0.717) is 19.6 Å². The third kappa shape index (κ3) is 1.35. The summed E-state index contributed by atoms with van der Waals surface area (Å²) in [5, 5.41) is 13.2. The minimum Gasteiger partial charge on any atom is -0.383 e. The van der Waals surface area contributed by atoms with Crippen LogP contribution in [0.3, 0.4) is 0 Å². The van der Waals surface area contributed by atoms with Crippen LogP contribution in [0, 0.1) is 5.92 Å². The second-order valence-corrected chi connectivity index (χ2v) is 4.85. The van der Waals surface area contributed by atoms with Crippen molar-refractivity contribution in [2.24, 2.45) is 5.92 Å². The number of ether oxygens (including phenoxy) is 1. The Hall–Kier alpha value is -1.34. The summed E-state index contributed by atoms with van der Waals surface area (Å²) in [7, 11) is 1.58. The molecule has 3 heterocycles. The van der Waals surface area contributed by atoms with Crippen LogP contribution in [0.1, 0.15) is 6.42 Å². The van der Waals surface area contributed by atoms with Crippen LogP contribution in [-0.4, -0.2) is 65.5 Å². The number of carbonyl (C=O) groups excluding carboxylic acids is 2. The second kappa shape index (κ2) is 3.58. The molecular weight excluding hydrogens is 226 g/mol. The summed E-state index contributed by atoms with van der Waals surface area (Å²) >= 11 is 0. The molecule has 0 aliphatic carbocycles. The lowest BCUT2D eigenvalue weighted by atomic mass is 9.86. The van der Waals surface area contributed by atoms with Crippen molar-refractivity contribution >= 4 is 11.9 Å². The van der Waals surface area contributed by atoms with Gasteiger partial charge < -0.3 is 15.0 Å². The molecule has 0 radical (unpaired) electrons. The smallest absolute Gasteiger partial charge is 0.344 e. The number of carbonyl (C=O) groups is 2. The van der Waals surface area contributed by atoms with Gasteiger partial charge in [-0.3, -0.25) is 10.0 Å². The summed E-state index contributed by atoms with van der Waals surface area (Å²) in [5.74, 6) is -0.110. The SMILES string of the molecule is COC[C@@H]1NC(=O)[C@@H]2[C@H]1C[C@@H]1CN2C(=O)N1O. The van der Waals surface area contributed by atoms with Crippen molar-refractivity contribution in [3.05, 3.63) is 0 Å². The normalized spacial score (nSPS) is 39.6. The lowest BCUT2D eigenvalue weighted by Crippen LogP contribution is -2.48. The average Bonchev–Trinajstić information content (AvgIpc) is 2.73. The Morgan fingerprint density at radius 1 is 1.53 bits per heavy atom. The van der Waals surface area contributed by atoms with Gasteiger partial charge in [0.1, 0.15) is 6.04 Å². The topological polar surface area (TPSA) is 82.1 Å². The molecule has 3 fully saturated rings. The second-order valence-electron chi connectivity index (χ2n) is 4.85. The van der Waals surface area contributed by atoms with E-state index in [1.165, 1.54) is 4.90 Å². The van der Waals surface area contributed by atoms with Crippen molar-refractivity contribution in [2.75, 3.05) is 20.3 Å². The Labute approximate surface area is 98.3 Å². The van der Waals surface area contributed by atoms with Crippen LogP contribution in [0.5, 0.6) is 0 Å². The predicted molar refractivity (Wildman–Crippen MR) is 55.2 cm³/mol. The minimum absolute atomic E-state index is 0.0299. The van der Waals surface area contributed by atoms with Crippen molar-refractivity contribution in [2.45, 2.75) is 24.5 Å². The number of amides is 3. The molecular formula is C10H15N3O4. The lowest BCUT2D eigenvalue weighted by molar-refractivity contribution is -0.123. The highest BCUT2D eigenvalue weighted by atomic mass is 16.5. The number of rotatable bonds is 2. The van der Waals surface area contributed by atoms with Crippen LogP contribution < -0.4 is 5.32 Å². The molecule has 3 rings (SSSR count). The van der Waals surface area contributed by atoms with Crippen LogP contribution in [0.4, 0.5) is 4.79 Å². The van der Waals surface area contributed by atoms with Gasteiger partial charge in [0, 0.05) is 19.6 Å². The number of hydroxylamine groups is 2. The summed E-state index contributed by atoms with van der Waals surface area (Å²) in [6.07, 6.45) is 0.635. The number of hydrogen-bond acceptors (Lipinski definition) is 4. The van der Waals surface area contributed by atoms with Gasteiger partial charge in [0.15, 0.2) is 0 Å². The molecule has 0 spiro atoms. The van der Waals surface area contributed by atoms with E-state index in [1.54, 1.807) is 7.11 Å². The first-order valence-electron chi connectivity index (χ1n) is 5.71. The standard InChI is InChI=1S/C10H15N3O4/c1-17-4-7-6-2-5-3-12(10(15)13(5)16)8(6)9(14)11-7/h5-8,16H,2-4H2,1H3,(H,11,14)/t5-,6+,7+,8+/m1/s1. The van der Waals surface area contributed by atoms with Gasteiger partial charge in [0.05, 0.1) is 18.7 Å². The van der Waals surface area contributed by atoms with E-state index in [1.807, 2.05) is 0 Å². The van der Waals surface area contributed by atoms with Crippen molar-refractivity contribution in [1.82, 2.24) is 15.3 Å². The lowest BCUT2D eigenvalue weighted by Gasteiger charge is -2.32. The molecule has 3 aliphatic rings. The number of nitrogens with one attached hydrogen (secondary N) is 1. The van der Waals surface area contributed by atoms with E-state index >= 15 is 0 Å². The van der Waals surface area contributed by atoms with Crippen molar-refractivity contribution in [3.63, 3.8) is 0 Å². The molecule has 2 bridgehead atoms. The summed E-state index contributed by atoms with van der Waals surface area (Å²) in [6, 6.07) is -1.18. The number of nitrogens with zero attached hydrogens (tertiary/aromatic N) is 2. The molecule has 94 valence electrons. The monoisotopic (exact) mass is 241 g/mol. The number of urea groups is 1. The zero-order chi connectivity index (χ0) is 12.2. The van der Waals surface area contributed by atoms with Gasteiger partial charge >= 0.3 is 6.03 Å². The van der Waals surface area contributed by atoms with Gasteiger partial charge in [0.25, 0.3) is 0 Å². The Morgan fingerprint density at radius 3 is 3.00 bits per heavy atom. The molecule has 2 N–H and O–H groups in total. The molecule has 4 atom stereocenters. The van der Waals surface area contributed by atoms with E-state index in [4.69, 9.17) is 4.74 Å². The highest BCUT2D eigenvalue weighted by molar-refractivity contribution is 5.91. The maximum atomic E-state index is 11.9. The Balaban J connectivity index is 1.88. The molecule has 0 unspecified atom stereocenters. The molecule has 0 saturated carbocycles. The number of hydrogen-bond donors (Lipinski definition) is 2. The molecule has 0 aromatic carbocycles. The van der Waals surface area contributed by atoms with Crippen LogP contribution in [0.2, 0.25) is 0 Å². The maximum Gasteiger partial charge on any atom is 0.344 e. The first-order chi connectivity index (χ1) is 8.13. The van der Waals surface area contributed by atoms with Crippen molar-refractivity contribution in [3.8, 4) is 0 Å². The molecule has 3 saturated heterocycles. The van der Waals surface area contributed by atoms with Gasteiger partial charge in [0.2, 0.25) is 5.91 Å². The van der Waals surface area contributed by atoms with Crippen molar-refractivity contribution < 1.29 is 19.5 Å². The fourth-order valence-corrected chi connectivity index (χ4v) is 3.19. The fraction of sp³-hybridized carbons (Fsp3) is 0.800. The molecule has 0 aromatic heterocycles. The molecule has 17 heavy (non-hydrogen) atoms. The van der Waals surface area contributed by atoms with Gasteiger partial charge in [-0.2, -0.15) is 0 Å². The van der Waals surface area contributed by atoms with Gasteiger partial charge in [-0.25, -0.2) is 9.86 Å². The largest absolute Gasteiger partial charge is 0.383 e. The van der Waals surface area contributed by atoms with E-state index in [2.05, 4.69) is 5.32 Å². The quantitative estimate of drug-likeness (QED) is 0.608. The van der Waals surface area contributed by atoms with Gasteiger partial charge in [-0.05, 0) is 6.42 Å². The summed E-state index contributed by atoms with van der Waals surface area (Å²) < 4.78 is 5.07. The maximum absolute atomic E-state index is 11.9. The highest BCUT2D eigenvalue weighted by Gasteiger charge is 2.56. The third-order valence-electron chi connectivity index (χ3n) is 3.94. The zero-order valence-corrected chi connectivity index (χ0v) is 9.50. The van der Waals surface area contributed by atoms with E-state index in [0.717, 1.165) is 5.06 Å². The molecule has 7 heteroatoms. The van der Waals surface area contributed by atoms with Crippen LogP contribution >= 0.6 is 0 Å². The Kier molecular flexibility index (Phi) is 2.27. The minimum atomic E-state index is -0.462. The van der Waals surface area contributed by atoms with E-state index in [9.17, 15) is 14.8 Å². The van der Waals surface area contributed by atoms with Crippen LogP contribution in [-0.2, 0) is 9.53 Å². The third-order valence-corrected chi connectivity index (χ3v) is 3.94. The molecule has 3 aliphatic heterocycles. The van der Waals surface area contributed by atoms with Crippen molar-refractivity contribution in [1.29, 1.82) is 0 Å². The van der Waals surface area contributed by atoms with E-state index < -0.39 is 12.1 Å². The number of fused-ring (bicyclic) bond motifs is 4.